The molecule has 2 heterocycles. The second-order valence-electron chi connectivity index (χ2n) is 10.9. The van der Waals surface area contributed by atoms with Crippen molar-refractivity contribution in [3.63, 3.8) is 0 Å². The van der Waals surface area contributed by atoms with Gasteiger partial charge >= 0.3 is 0 Å². The first-order valence-electron chi connectivity index (χ1n) is 11.9. The van der Waals surface area contributed by atoms with Crippen LogP contribution < -0.4 is 20.1 Å². The van der Waals surface area contributed by atoms with Gasteiger partial charge in [-0.05, 0) is 71.2 Å². The van der Waals surface area contributed by atoms with Crippen LogP contribution in [0, 0.1) is 0 Å². The van der Waals surface area contributed by atoms with Gasteiger partial charge in [0.1, 0.15) is 0 Å². The third-order valence-corrected chi connectivity index (χ3v) is 6.07. The molecule has 1 aliphatic heterocycles. The van der Waals surface area contributed by atoms with Gasteiger partial charge in [0.15, 0.2) is 12.7 Å². The lowest BCUT2D eigenvalue weighted by Gasteiger charge is -2.31. The Bertz CT molecular complexity index is 1180. The van der Waals surface area contributed by atoms with Crippen molar-refractivity contribution in [3.05, 3.63) is 60.3 Å². The molecule has 0 radical (unpaired) electrons. The standard InChI is InChI=1S/C28H36N4O/c1-20(33)32-16-9-10-21-13-14-22(18-26(21)32)29-28(5,6)19-31-17-15-24(30-27(2,3)4)23-11-7-8-12-25(23)31/h7-8,11-15,17-18,29H,9-10,16,19H2,1-6H3/p+1. The monoisotopic (exact) mass is 445 g/mol. The van der Waals surface area contributed by atoms with Crippen molar-refractivity contribution < 1.29 is 9.36 Å². The van der Waals surface area contributed by atoms with Crippen molar-refractivity contribution in [3.8, 4) is 0 Å². The van der Waals surface area contributed by atoms with Gasteiger partial charge in [0, 0.05) is 42.5 Å². The van der Waals surface area contributed by atoms with Crippen LogP contribution >= 0.6 is 0 Å². The van der Waals surface area contributed by atoms with Crippen LogP contribution in [0.15, 0.2) is 54.7 Å². The molecule has 1 aromatic heterocycles. The Morgan fingerprint density at radius 2 is 1.79 bits per heavy atom. The fraction of sp³-hybridized carbons (Fsp3) is 0.429. The molecule has 2 aromatic carbocycles. The highest BCUT2D eigenvalue weighted by Crippen LogP contribution is 2.31. The third-order valence-electron chi connectivity index (χ3n) is 6.07. The number of hydrogen-bond acceptors (Lipinski definition) is 3. The average molecular weight is 446 g/mol. The summed E-state index contributed by atoms with van der Waals surface area (Å²) in [7, 11) is 0. The van der Waals surface area contributed by atoms with E-state index in [1.807, 2.05) is 4.90 Å². The summed E-state index contributed by atoms with van der Waals surface area (Å²) in [6.45, 7) is 14.2. The molecule has 1 amide bonds. The molecule has 174 valence electrons. The maximum Gasteiger partial charge on any atom is 0.223 e. The van der Waals surface area contributed by atoms with Crippen LogP contribution in [-0.4, -0.2) is 23.5 Å². The molecule has 0 saturated heterocycles. The fourth-order valence-electron chi connectivity index (χ4n) is 4.77. The molecule has 0 saturated carbocycles. The molecule has 0 aliphatic carbocycles. The second-order valence-corrected chi connectivity index (χ2v) is 10.9. The normalized spacial score (nSPS) is 14.2. The molecule has 1 aliphatic rings. The highest BCUT2D eigenvalue weighted by atomic mass is 16.2. The summed E-state index contributed by atoms with van der Waals surface area (Å²) in [6, 6.07) is 17.2. The zero-order valence-corrected chi connectivity index (χ0v) is 20.8. The van der Waals surface area contributed by atoms with Crippen LogP contribution in [0.3, 0.4) is 0 Å². The average Bonchev–Trinajstić information content (AvgIpc) is 2.73. The number of nitrogens with zero attached hydrogens (tertiary/aromatic N) is 2. The van der Waals surface area contributed by atoms with Gasteiger partial charge in [-0.3, -0.25) is 4.79 Å². The first-order valence-corrected chi connectivity index (χ1v) is 11.9. The minimum absolute atomic E-state index is 0.00398. The molecule has 33 heavy (non-hydrogen) atoms. The van der Waals surface area contributed by atoms with Gasteiger partial charge in [-0.15, -0.1) is 0 Å². The largest absolute Gasteiger partial charge is 0.380 e. The van der Waals surface area contributed by atoms with Gasteiger partial charge in [-0.1, -0.05) is 18.2 Å². The molecule has 2 N–H and O–H groups in total. The quantitative estimate of drug-likeness (QED) is 0.508. The molecule has 0 bridgehead atoms. The topological polar surface area (TPSA) is 48.3 Å². The number of fused-ring (bicyclic) bond motifs is 2. The van der Waals surface area contributed by atoms with Crippen LogP contribution in [0.4, 0.5) is 17.1 Å². The summed E-state index contributed by atoms with van der Waals surface area (Å²) in [5.74, 6) is 0.110. The minimum Gasteiger partial charge on any atom is -0.380 e. The minimum atomic E-state index is -0.198. The van der Waals surface area contributed by atoms with Crippen molar-refractivity contribution >= 4 is 33.9 Å². The smallest absolute Gasteiger partial charge is 0.223 e. The van der Waals surface area contributed by atoms with Crippen molar-refractivity contribution in [1.82, 2.24) is 0 Å². The number of para-hydroxylation sites is 1. The van der Waals surface area contributed by atoms with Gasteiger partial charge in [-0.2, -0.15) is 4.57 Å². The van der Waals surface area contributed by atoms with E-state index < -0.39 is 0 Å². The predicted octanol–water partition coefficient (Wildman–Crippen LogP) is 5.53. The molecule has 5 nitrogen and oxygen atoms in total. The van der Waals surface area contributed by atoms with E-state index in [1.54, 1.807) is 6.92 Å². The third kappa shape index (κ3) is 5.29. The first-order chi connectivity index (χ1) is 15.5. The zero-order valence-electron chi connectivity index (χ0n) is 20.8. The number of carbonyl (C=O) groups excluding carboxylic acids is 1. The molecule has 5 heteroatoms. The van der Waals surface area contributed by atoms with E-state index in [4.69, 9.17) is 0 Å². The summed E-state index contributed by atoms with van der Waals surface area (Å²) in [4.78, 5) is 14.0. The van der Waals surface area contributed by atoms with E-state index >= 15 is 0 Å². The van der Waals surface area contributed by atoms with Gasteiger partial charge in [-0.25, -0.2) is 0 Å². The van der Waals surface area contributed by atoms with E-state index in [9.17, 15) is 4.79 Å². The van der Waals surface area contributed by atoms with Crippen molar-refractivity contribution in [1.29, 1.82) is 0 Å². The molecule has 3 aromatic rings. The maximum absolute atomic E-state index is 12.1. The lowest BCUT2D eigenvalue weighted by molar-refractivity contribution is -0.676. The van der Waals surface area contributed by atoms with E-state index in [2.05, 4.69) is 105 Å². The summed E-state index contributed by atoms with van der Waals surface area (Å²) < 4.78 is 2.32. The lowest BCUT2D eigenvalue weighted by Crippen LogP contribution is -2.49. The Hall–Kier alpha value is -3.08. The summed E-state index contributed by atoms with van der Waals surface area (Å²) >= 11 is 0. The molecule has 4 rings (SSSR count). The van der Waals surface area contributed by atoms with Crippen LogP contribution in [0.1, 0.15) is 53.5 Å². The maximum atomic E-state index is 12.1. The van der Waals surface area contributed by atoms with Gasteiger partial charge < -0.3 is 15.5 Å². The molecular weight excluding hydrogens is 408 g/mol. The summed E-state index contributed by atoms with van der Waals surface area (Å²) in [5, 5.41) is 8.57. The number of aromatic nitrogens is 1. The molecule has 0 unspecified atom stereocenters. The highest BCUT2D eigenvalue weighted by Gasteiger charge is 2.27. The zero-order chi connectivity index (χ0) is 23.8. The SMILES string of the molecule is CC(=O)N1CCCc2ccc(NC(C)(C)C[n+]3ccc(NC(C)(C)C)c4ccccc43)cc21. The number of benzene rings is 2. The number of pyridine rings is 1. The number of anilines is 3. The summed E-state index contributed by atoms with van der Waals surface area (Å²) in [5.41, 5.74) is 5.50. The van der Waals surface area contributed by atoms with Crippen LogP contribution in [-0.2, 0) is 17.8 Å². The van der Waals surface area contributed by atoms with Crippen LogP contribution in [0.2, 0.25) is 0 Å². The van der Waals surface area contributed by atoms with E-state index in [-0.39, 0.29) is 17.0 Å². The van der Waals surface area contributed by atoms with E-state index in [0.29, 0.717) is 0 Å². The Morgan fingerprint density at radius 1 is 1.03 bits per heavy atom. The predicted molar refractivity (Wildman–Crippen MR) is 138 cm³/mol. The van der Waals surface area contributed by atoms with E-state index in [1.165, 1.54) is 16.5 Å². The second kappa shape index (κ2) is 8.69. The number of nitrogens with one attached hydrogen (secondary N) is 2. The number of aryl methyl sites for hydroxylation is 1. The highest BCUT2D eigenvalue weighted by molar-refractivity contribution is 5.93. The first kappa shape index (κ1) is 23.1. The molecular formula is C28H37N4O+. The molecule has 0 fully saturated rings. The van der Waals surface area contributed by atoms with Gasteiger partial charge in [0.25, 0.3) is 0 Å². The Balaban J connectivity index is 1.60. The number of hydrogen-bond donors (Lipinski definition) is 2. The van der Waals surface area contributed by atoms with Crippen LogP contribution in [0.5, 0.6) is 0 Å². The Kier molecular flexibility index (Phi) is 6.08. The number of rotatable bonds is 5. The van der Waals surface area contributed by atoms with E-state index in [0.717, 1.165) is 43.0 Å². The number of amides is 1. The lowest BCUT2D eigenvalue weighted by atomic mass is 9.99. The van der Waals surface area contributed by atoms with Crippen molar-refractivity contribution in [2.75, 3.05) is 22.1 Å². The molecule has 0 atom stereocenters. The Morgan fingerprint density at radius 3 is 2.52 bits per heavy atom. The van der Waals surface area contributed by atoms with Gasteiger partial charge in [0.2, 0.25) is 11.4 Å². The van der Waals surface area contributed by atoms with Crippen LogP contribution in [0.25, 0.3) is 10.9 Å². The fourth-order valence-corrected chi connectivity index (χ4v) is 4.77. The Labute approximate surface area is 197 Å². The van der Waals surface area contributed by atoms with Gasteiger partial charge in [0.05, 0.1) is 16.6 Å². The summed E-state index contributed by atoms with van der Waals surface area (Å²) in [6.07, 6.45) is 4.22. The van der Waals surface area contributed by atoms with Crippen molar-refractivity contribution in [2.45, 2.75) is 72.0 Å². The molecule has 0 spiro atoms. The number of carbonyl (C=O) groups is 1. The van der Waals surface area contributed by atoms with Crippen molar-refractivity contribution in [2.24, 2.45) is 0 Å².